The second-order valence-electron chi connectivity index (χ2n) is 5.45. The van der Waals surface area contributed by atoms with Crippen molar-refractivity contribution >= 4 is 5.91 Å². The highest BCUT2D eigenvalue weighted by atomic mass is 16.5. The van der Waals surface area contributed by atoms with E-state index in [1.807, 2.05) is 28.8 Å². The Kier molecular flexibility index (Phi) is 4.45. The van der Waals surface area contributed by atoms with E-state index >= 15 is 0 Å². The fraction of sp³-hybridized carbons (Fsp3) is 0.333. The Morgan fingerprint density at radius 1 is 1.26 bits per heavy atom. The molecule has 2 aromatic rings. The van der Waals surface area contributed by atoms with E-state index in [1.54, 1.807) is 17.2 Å². The average Bonchev–Trinajstić information content (AvgIpc) is 3.05. The van der Waals surface area contributed by atoms with Gasteiger partial charge in [0.15, 0.2) is 0 Å². The number of ether oxygens (including phenoxy) is 1. The standard InChI is InChI=1S/C18H19N3O2/c1-2-14-5-3-4-6-16(14)21-8-7-15(13-19)17(21)18(22)20-9-11-23-12-10-20/h3-8H,2,9-12H2,1H3. The Bertz CT molecular complexity index is 752. The molecule has 1 aromatic heterocycles. The van der Waals surface area contributed by atoms with Crippen molar-refractivity contribution in [2.75, 3.05) is 26.3 Å². The molecule has 5 nitrogen and oxygen atoms in total. The molecule has 1 aliphatic heterocycles. The molecule has 1 saturated heterocycles. The predicted octanol–water partition coefficient (Wildman–Crippen LogP) is 2.38. The fourth-order valence-electron chi connectivity index (χ4n) is 2.90. The van der Waals surface area contributed by atoms with Crippen molar-refractivity contribution in [1.82, 2.24) is 9.47 Å². The molecule has 1 aromatic carbocycles. The summed E-state index contributed by atoms with van der Waals surface area (Å²) >= 11 is 0. The molecule has 0 N–H and O–H groups in total. The minimum absolute atomic E-state index is 0.110. The Labute approximate surface area is 135 Å². The lowest BCUT2D eigenvalue weighted by molar-refractivity contribution is 0.0297. The lowest BCUT2D eigenvalue weighted by Gasteiger charge is -2.27. The highest BCUT2D eigenvalue weighted by molar-refractivity contribution is 5.96. The van der Waals surface area contributed by atoms with Gasteiger partial charge in [-0.1, -0.05) is 25.1 Å². The maximum atomic E-state index is 12.9. The van der Waals surface area contributed by atoms with Gasteiger partial charge >= 0.3 is 0 Å². The summed E-state index contributed by atoms with van der Waals surface area (Å²) in [4.78, 5) is 14.7. The number of morpholine rings is 1. The maximum Gasteiger partial charge on any atom is 0.272 e. The summed E-state index contributed by atoms with van der Waals surface area (Å²) < 4.78 is 7.15. The van der Waals surface area contributed by atoms with Crippen molar-refractivity contribution in [1.29, 1.82) is 5.26 Å². The fourth-order valence-corrected chi connectivity index (χ4v) is 2.90. The monoisotopic (exact) mass is 309 g/mol. The molecule has 0 bridgehead atoms. The average molecular weight is 309 g/mol. The SMILES string of the molecule is CCc1ccccc1-n1ccc(C#N)c1C(=O)N1CCOCC1. The number of hydrogen-bond donors (Lipinski definition) is 0. The number of hydrogen-bond acceptors (Lipinski definition) is 3. The molecule has 3 rings (SSSR count). The second-order valence-corrected chi connectivity index (χ2v) is 5.45. The van der Waals surface area contributed by atoms with E-state index in [4.69, 9.17) is 4.74 Å². The van der Waals surface area contributed by atoms with Crippen molar-refractivity contribution < 1.29 is 9.53 Å². The Morgan fingerprint density at radius 3 is 2.70 bits per heavy atom. The van der Waals surface area contributed by atoms with E-state index in [9.17, 15) is 10.1 Å². The number of para-hydroxylation sites is 1. The summed E-state index contributed by atoms with van der Waals surface area (Å²) in [7, 11) is 0. The van der Waals surface area contributed by atoms with Gasteiger partial charge in [0.25, 0.3) is 5.91 Å². The summed E-state index contributed by atoms with van der Waals surface area (Å²) in [6.45, 7) is 4.28. The van der Waals surface area contributed by atoms with Crippen LogP contribution in [-0.2, 0) is 11.2 Å². The molecule has 0 radical (unpaired) electrons. The summed E-state index contributed by atoms with van der Waals surface area (Å²) in [5.41, 5.74) is 2.94. The first-order valence-corrected chi connectivity index (χ1v) is 7.83. The topological polar surface area (TPSA) is 58.3 Å². The highest BCUT2D eigenvalue weighted by Crippen LogP contribution is 2.22. The van der Waals surface area contributed by atoms with Crippen LogP contribution in [0.15, 0.2) is 36.5 Å². The van der Waals surface area contributed by atoms with Crippen molar-refractivity contribution in [3.05, 3.63) is 53.3 Å². The molecule has 118 valence electrons. The number of nitriles is 1. The Balaban J connectivity index is 2.07. The van der Waals surface area contributed by atoms with Crippen LogP contribution >= 0.6 is 0 Å². The summed E-state index contributed by atoms with van der Waals surface area (Å²) in [6, 6.07) is 11.8. The highest BCUT2D eigenvalue weighted by Gasteiger charge is 2.25. The van der Waals surface area contributed by atoms with Crippen LogP contribution in [0.2, 0.25) is 0 Å². The molecule has 5 heteroatoms. The van der Waals surface area contributed by atoms with E-state index < -0.39 is 0 Å². The quantitative estimate of drug-likeness (QED) is 0.874. The van der Waals surface area contributed by atoms with Crippen LogP contribution in [0.1, 0.15) is 28.5 Å². The normalized spacial score (nSPS) is 14.5. The molecule has 2 heterocycles. The number of aryl methyl sites for hydroxylation is 1. The van der Waals surface area contributed by atoms with E-state index in [-0.39, 0.29) is 5.91 Å². The first-order valence-electron chi connectivity index (χ1n) is 7.83. The van der Waals surface area contributed by atoms with Gasteiger partial charge in [-0.05, 0) is 24.1 Å². The molecular weight excluding hydrogens is 290 g/mol. The third-order valence-electron chi connectivity index (χ3n) is 4.14. The van der Waals surface area contributed by atoms with E-state index in [2.05, 4.69) is 13.0 Å². The van der Waals surface area contributed by atoms with E-state index in [0.717, 1.165) is 17.7 Å². The first-order chi connectivity index (χ1) is 11.3. The molecule has 0 atom stereocenters. The minimum atomic E-state index is -0.110. The van der Waals surface area contributed by atoms with Crippen LogP contribution in [0.25, 0.3) is 5.69 Å². The second kappa shape index (κ2) is 6.67. The molecule has 0 spiro atoms. The number of nitrogens with zero attached hydrogens (tertiary/aromatic N) is 3. The van der Waals surface area contributed by atoms with Crippen molar-refractivity contribution in [3.63, 3.8) is 0 Å². The van der Waals surface area contributed by atoms with Crippen LogP contribution in [-0.4, -0.2) is 41.7 Å². The first kappa shape index (κ1) is 15.3. The zero-order chi connectivity index (χ0) is 16.2. The van der Waals surface area contributed by atoms with Gasteiger partial charge in [0.05, 0.1) is 18.8 Å². The number of amides is 1. The molecule has 0 unspecified atom stereocenters. The summed E-state index contributed by atoms with van der Waals surface area (Å²) in [6.07, 6.45) is 2.67. The lowest BCUT2D eigenvalue weighted by Crippen LogP contribution is -2.41. The van der Waals surface area contributed by atoms with Gasteiger partial charge in [0.1, 0.15) is 11.8 Å². The molecule has 0 aliphatic carbocycles. The van der Waals surface area contributed by atoms with Crippen LogP contribution < -0.4 is 0 Å². The number of benzene rings is 1. The lowest BCUT2D eigenvalue weighted by atomic mass is 10.1. The Hall–Kier alpha value is -2.58. The zero-order valence-corrected chi connectivity index (χ0v) is 13.2. The van der Waals surface area contributed by atoms with Crippen LogP contribution in [0.3, 0.4) is 0 Å². The van der Waals surface area contributed by atoms with Crippen LogP contribution in [0.5, 0.6) is 0 Å². The third kappa shape index (κ3) is 2.86. The van der Waals surface area contributed by atoms with Crippen molar-refractivity contribution in [3.8, 4) is 11.8 Å². The zero-order valence-electron chi connectivity index (χ0n) is 13.2. The van der Waals surface area contributed by atoms with Gasteiger partial charge in [-0.2, -0.15) is 5.26 Å². The third-order valence-corrected chi connectivity index (χ3v) is 4.14. The van der Waals surface area contributed by atoms with Gasteiger partial charge in [-0.15, -0.1) is 0 Å². The number of rotatable bonds is 3. The van der Waals surface area contributed by atoms with Crippen LogP contribution in [0.4, 0.5) is 0 Å². The van der Waals surface area contributed by atoms with Gasteiger partial charge in [-0.3, -0.25) is 4.79 Å². The van der Waals surface area contributed by atoms with Gasteiger partial charge in [0.2, 0.25) is 0 Å². The largest absolute Gasteiger partial charge is 0.378 e. The van der Waals surface area contributed by atoms with Crippen molar-refractivity contribution in [2.24, 2.45) is 0 Å². The molecule has 1 fully saturated rings. The molecule has 1 amide bonds. The smallest absolute Gasteiger partial charge is 0.272 e. The molecule has 0 saturated carbocycles. The number of aromatic nitrogens is 1. The number of carbonyl (C=O) groups is 1. The van der Waals surface area contributed by atoms with Gasteiger partial charge in [-0.25, -0.2) is 0 Å². The van der Waals surface area contributed by atoms with Crippen LogP contribution in [0, 0.1) is 11.3 Å². The predicted molar refractivity (Wildman–Crippen MR) is 86.6 cm³/mol. The number of carbonyl (C=O) groups excluding carboxylic acids is 1. The Morgan fingerprint density at radius 2 is 2.00 bits per heavy atom. The maximum absolute atomic E-state index is 12.9. The van der Waals surface area contributed by atoms with Crippen molar-refractivity contribution in [2.45, 2.75) is 13.3 Å². The summed E-state index contributed by atoms with van der Waals surface area (Å²) in [5.74, 6) is -0.110. The van der Waals surface area contributed by atoms with E-state index in [0.29, 0.717) is 37.6 Å². The van der Waals surface area contributed by atoms with E-state index in [1.165, 1.54) is 0 Å². The summed E-state index contributed by atoms with van der Waals surface area (Å²) in [5, 5.41) is 9.39. The molecule has 1 aliphatic rings. The molecular formula is C18H19N3O2. The minimum Gasteiger partial charge on any atom is -0.378 e. The van der Waals surface area contributed by atoms with Gasteiger partial charge < -0.3 is 14.2 Å². The van der Waals surface area contributed by atoms with Gasteiger partial charge in [0, 0.05) is 25.0 Å². The molecule has 23 heavy (non-hydrogen) atoms.